The second kappa shape index (κ2) is 4.87. The topological polar surface area (TPSA) is 34.1 Å². The molecule has 110 valence electrons. The van der Waals surface area contributed by atoms with Gasteiger partial charge in [0, 0.05) is 24.3 Å². The van der Waals surface area contributed by atoms with Crippen LogP contribution in [0.5, 0.6) is 5.88 Å². The number of alkyl halides is 4. The lowest BCUT2D eigenvalue weighted by molar-refractivity contribution is -0.137. The zero-order chi connectivity index (χ0) is 14.3. The fraction of sp³-hybridized carbons (Fsp3) is 0.615. The Bertz CT molecular complexity index is 476. The molecule has 1 aromatic rings. The molecule has 2 heterocycles. The number of hydrogen-bond donors (Lipinski definition) is 1. The molecule has 0 aromatic carbocycles. The number of aromatic nitrogens is 1. The number of halogens is 4. The number of ether oxygens (including phenoxy) is 1. The first-order valence-corrected chi connectivity index (χ1v) is 6.49. The lowest BCUT2D eigenvalue weighted by atomic mass is 10.0. The third-order valence-electron chi connectivity index (χ3n) is 4.04. The Balaban J connectivity index is 1.63. The van der Waals surface area contributed by atoms with E-state index in [9.17, 15) is 17.6 Å². The minimum Gasteiger partial charge on any atom is -0.473 e. The third-order valence-corrected chi connectivity index (χ3v) is 4.04. The largest absolute Gasteiger partial charge is 0.473 e. The summed E-state index contributed by atoms with van der Waals surface area (Å²) < 4.78 is 55.5. The van der Waals surface area contributed by atoms with Gasteiger partial charge in [-0.2, -0.15) is 13.2 Å². The Morgan fingerprint density at radius 1 is 1.30 bits per heavy atom. The average Bonchev–Trinajstić information content (AvgIpc) is 2.97. The summed E-state index contributed by atoms with van der Waals surface area (Å²) in [5, 5.41) is 3.14. The number of pyridine rings is 1. The van der Waals surface area contributed by atoms with Crippen molar-refractivity contribution in [2.75, 3.05) is 6.67 Å². The zero-order valence-corrected chi connectivity index (χ0v) is 10.5. The Hall–Kier alpha value is -1.37. The number of nitrogens with one attached hydrogen (secondary N) is 1. The molecule has 0 radical (unpaired) electrons. The van der Waals surface area contributed by atoms with Crippen LogP contribution in [-0.4, -0.2) is 29.8 Å². The van der Waals surface area contributed by atoms with Gasteiger partial charge in [-0.25, -0.2) is 9.37 Å². The molecule has 0 amide bonds. The van der Waals surface area contributed by atoms with Crippen molar-refractivity contribution >= 4 is 0 Å². The van der Waals surface area contributed by atoms with E-state index in [2.05, 4.69) is 10.3 Å². The highest BCUT2D eigenvalue weighted by molar-refractivity contribution is 5.21. The fourth-order valence-corrected chi connectivity index (χ4v) is 3.03. The van der Waals surface area contributed by atoms with E-state index >= 15 is 0 Å². The van der Waals surface area contributed by atoms with Crippen molar-refractivity contribution in [1.82, 2.24) is 10.3 Å². The van der Waals surface area contributed by atoms with Crippen molar-refractivity contribution in [3.63, 3.8) is 0 Å². The number of fused-ring (bicyclic) bond motifs is 2. The highest BCUT2D eigenvalue weighted by Crippen LogP contribution is 2.38. The van der Waals surface area contributed by atoms with E-state index in [0.29, 0.717) is 0 Å². The summed E-state index contributed by atoms with van der Waals surface area (Å²) in [4.78, 5) is 3.69. The maximum atomic E-state index is 12.6. The van der Waals surface area contributed by atoms with Gasteiger partial charge in [-0.3, -0.25) is 0 Å². The second-order valence-corrected chi connectivity index (χ2v) is 5.30. The molecular weight excluding hydrogens is 276 g/mol. The molecule has 2 bridgehead atoms. The molecule has 4 atom stereocenters. The first-order valence-electron chi connectivity index (χ1n) is 6.49. The highest BCUT2D eigenvalue weighted by Gasteiger charge is 2.46. The van der Waals surface area contributed by atoms with Crippen LogP contribution in [0.25, 0.3) is 0 Å². The summed E-state index contributed by atoms with van der Waals surface area (Å²) in [6.07, 6.45) is -2.21. The first-order chi connectivity index (χ1) is 9.47. The van der Waals surface area contributed by atoms with E-state index in [1.165, 1.54) is 6.07 Å². The minimum atomic E-state index is -4.39. The molecular formula is C13H14F4N2O. The maximum Gasteiger partial charge on any atom is 0.417 e. The van der Waals surface area contributed by atoms with Gasteiger partial charge in [0.25, 0.3) is 0 Å². The fourth-order valence-electron chi connectivity index (χ4n) is 3.03. The van der Waals surface area contributed by atoms with Crippen LogP contribution >= 0.6 is 0 Å². The zero-order valence-electron chi connectivity index (χ0n) is 10.5. The molecule has 0 spiro atoms. The average molecular weight is 290 g/mol. The molecule has 1 saturated carbocycles. The van der Waals surface area contributed by atoms with Crippen LogP contribution in [0.15, 0.2) is 18.3 Å². The first kappa shape index (κ1) is 13.6. The standard InChI is InChI=1S/C13H14F4N2O/c14-5-10-7-3-9(19-10)11(4-7)20-12-2-1-8(6-18-12)13(15,16)17/h1-2,6-7,9-11,19H,3-5H2. The van der Waals surface area contributed by atoms with Crippen LogP contribution < -0.4 is 10.1 Å². The van der Waals surface area contributed by atoms with E-state index in [1.807, 2.05) is 0 Å². The summed E-state index contributed by atoms with van der Waals surface area (Å²) >= 11 is 0. The van der Waals surface area contributed by atoms with Crippen molar-refractivity contribution < 1.29 is 22.3 Å². The van der Waals surface area contributed by atoms with Gasteiger partial charge < -0.3 is 10.1 Å². The molecule has 7 heteroatoms. The van der Waals surface area contributed by atoms with E-state index in [-0.39, 0.29) is 30.0 Å². The van der Waals surface area contributed by atoms with Gasteiger partial charge in [-0.05, 0) is 24.8 Å². The summed E-state index contributed by atoms with van der Waals surface area (Å²) in [6, 6.07) is 2.12. The van der Waals surface area contributed by atoms with Gasteiger partial charge in [0.2, 0.25) is 5.88 Å². The normalized spacial score (nSPS) is 32.6. The van der Waals surface area contributed by atoms with E-state index in [4.69, 9.17) is 4.74 Å². The molecule has 1 saturated heterocycles. The van der Waals surface area contributed by atoms with Crippen molar-refractivity contribution in [3.05, 3.63) is 23.9 Å². The van der Waals surface area contributed by atoms with Gasteiger partial charge in [0.05, 0.1) is 5.56 Å². The minimum absolute atomic E-state index is 0.0600. The summed E-state index contributed by atoms with van der Waals surface area (Å²) in [6.45, 7) is -0.396. The second-order valence-electron chi connectivity index (χ2n) is 5.30. The summed E-state index contributed by atoms with van der Waals surface area (Å²) in [5.74, 6) is 0.415. The van der Waals surface area contributed by atoms with Gasteiger partial charge in [-0.15, -0.1) is 0 Å². The number of piperidine rings is 1. The molecule has 1 aliphatic heterocycles. The molecule has 3 nitrogen and oxygen atoms in total. The van der Waals surface area contributed by atoms with Crippen LogP contribution in [0.2, 0.25) is 0 Å². The molecule has 20 heavy (non-hydrogen) atoms. The van der Waals surface area contributed by atoms with Gasteiger partial charge in [0.1, 0.15) is 12.8 Å². The van der Waals surface area contributed by atoms with E-state index in [0.717, 1.165) is 25.1 Å². The van der Waals surface area contributed by atoms with Gasteiger partial charge in [0.15, 0.2) is 0 Å². The molecule has 1 aromatic heterocycles. The molecule has 2 aliphatic rings. The number of rotatable bonds is 3. The molecule has 2 fully saturated rings. The lowest BCUT2D eigenvalue weighted by Crippen LogP contribution is -2.46. The number of hydrogen-bond acceptors (Lipinski definition) is 3. The number of nitrogens with zero attached hydrogens (tertiary/aromatic N) is 1. The predicted octanol–water partition coefficient (Wildman–Crippen LogP) is 2.57. The van der Waals surface area contributed by atoms with Crippen LogP contribution in [0.1, 0.15) is 18.4 Å². The summed E-state index contributed by atoms with van der Waals surface area (Å²) in [5.41, 5.74) is -0.798. The summed E-state index contributed by atoms with van der Waals surface area (Å²) in [7, 11) is 0. The predicted molar refractivity (Wildman–Crippen MR) is 63.1 cm³/mol. The maximum absolute atomic E-state index is 12.6. The Kier molecular flexibility index (Phi) is 3.32. The SMILES string of the molecule is FCC1NC2CC1CC2Oc1ccc(C(F)(F)F)cn1. The van der Waals surface area contributed by atoms with Crippen LogP contribution in [0.4, 0.5) is 17.6 Å². The molecule has 4 unspecified atom stereocenters. The Morgan fingerprint density at radius 3 is 2.60 bits per heavy atom. The smallest absolute Gasteiger partial charge is 0.417 e. The molecule has 1 aliphatic carbocycles. The van der Waals surface area contributed by atoms with E-state index in [1.54, 1.807) is 0 Å². The van der Waals surface area contributed by atoms with Crippen LogP contribution in [0.3, 0.4) is 0 Å². The third kappa shape index (κ3) is 2.46. The Labute approximate surface area is 113 Å². The van der Waals surface area contributed by atoms with Gasteiger partial charge >= 0.3 is 6.18 Å². The van der Waals surface area contributed by atoms with Gasteiger partial charge in [-0.1, -0.05) is 0 Å². The molecule has 1 N–H and O–H groups in total. The van der Waals surface area contributed by atoms with Crippen molar-refractivity contribution in [3.8, 4) is 5.88 Å². The van der Waals surface area contributed by atoms with Crippen LogP contribution in [-0.2, 0) is 6.18 Å². The van der Waals surface area contributed by atoms with E-state index < -0.39 is 18.4 Å². The molecule has 3 rings (SSSR count). The van der Waals surface area contributed by atoms with Crippen molar-refractivity contribution in [1.29, 1.82) is 0 Å². The monoisotopic (exact) mass is 290 g/mol. The van der Waals surface area contributed by atoms with Crippen molar-refractivity contribution in [2.24, 2.45) is 5.92 Å². The van der Waals surface area contributed by atoms with Crippen LogP contribution in [0, 0.1) is 5.92 Å². The van der Waals surface area contributed by atoms with Crippen molar-refractivity contribution in [2.45, 2.75) is 37.2 Å². The highest BCUT2D eigenvalue weighted by atomic mass is 19.4. The quantitative estimate of drug-likeness (QED) is 0.869. The Morgan fingerprint density at radius 2 is 2.10 bits per heavy atom. The lowest BCUT2D eigenvalue weighted by Gasteiger charge is -2.28.